The number of anilines is 2. The second-order valence-electron chi connectivity index (χ2n) is 11.1. The van der Waals surface area contributed by atoms with Crippen LogP contribution in [0.1, 0.15) is 57.1 Å². The molecule has 1 atom stereocenters. The minimum absolute atomic E-state index is 0.00942. The van der Waals surface area contributed by atoms with Gasteiger partial charge in [0.25, 0.3) is 0 Å². The molecule has 1 N–H and O–H groups in total. The number of imidazole rings is 1. The molecule has 1 aliphatic rings. The van der Waals surface area contributed by atoms with Crippen LogP contribution in [-0.4, -0.2) is 68.0 Å². The van der Waals surface area contributed by atoms with Crippen LogP contribution in [0.3, 0.4) is 0 Å². The van der Waals surface area contributed by atoms with Gasteiger partial charge in [-0.15, -0.1) is 0 Å². The maximum Gasteiger partial charge on any atom is 0.229 e. The molecule has 0 amide bonds. The Hall–Kier alpha value is -3.50. The lowest BCUT2D eigenvalue weighted by Gasteiger charge is -2.38. The second-order valence-corrected chi connectivity index (χ2v) is 11.1. The first kappa shape index (κ1) is 28.0. The van der Waals surface area contributed by atoms with E-state index in [-0.39, 0.29) is 29.2 Å². The summed E-state index contributed by atoms with van der Waals surface area (Å²) in [6, 6.07) is 7.32. The third-order valence-corrected chi connectivity index (χ3v) is 7.91. The van der Waals surface area contributed by atoms with Crippen molar-refractivity contribution in [1.29, 1.82) is 0 Å². The summed E-state index contributed by atoms with van der Waals surface area (Å²) in [5.74, 6) is 0.842. The number of nitrogens with zero attached hydrogens (tertiary/aromatic N) is 7. The van der Waals surface area contributed by atoms with E-state index in [1.54, 1.807) is 6.07 Å². The molecule has 1 saturated heterocycles. The van der Waals surface area contributed by atoms with Crippen LogP contribution in [0.4, 0.5) is 20.5 Å². The highest BCUT2D eigenvalue weighted by Crippen LogP contribution is 2.35. The molecule has 0 spiro atoms. The Morgan fingerprint density at radius 3 is 2.40 bits per heavy atom. The van der Waals surface area contributed by atoms with E-state index >= 15 is 4.39 Å². The zero-order chi connectivity index (χ0) is 28.6. The molecular weight excluding hydrogens is 510 g/mol. The Morgan fingerprint density at radius 1 is 1.02 bits per heavy atom. The van der Waals surface area contributed by atoms with Crippen LogP contribution in [0.2, 0.25) is 0 Å². The fourth-order valence-electron chi connectivity index (χ4n) is 6.03. The molecule has 1 aromatic carbocycles. The summed E-state index contributed by atoms with van der Waals surface area (Å²) in [4.78, 5) is 22.3. The number of rotatable bonds is 8. The molecule has 8 nitrogen and oxygen atoms in total. The molecule has 0 aliphatic carbocycles. The quantitative estimate of drug-likeness (QED) is 0.284. The normalized spacial score (nSPS) is 15.8. The number of benzene rings is 1. The van der Waals surface area contributed by atoms with Crippen molar-refractivity contribution in [2.45, 2.75) is 52.6 Å². The van der Waals surface area contributed by atoms with E-state index in [9.17, 15) is 4.39 Å². The van der Waals surface area contributed by atoms with E-state index in [4.69, 9.17) is 0 Å². The van der Waals surface area contributed by atoms with Gasteiger partial charge in [0.2, 0.25) is 5.95 Å². The van der Waals surface area contributed by atoms with E-state index < -0.39 is 11.6 Å². The van der Waals surface area contributed by atoms with E-state index in [0.29, 0.717) is 28.6 Å². The number of halogens is 2. The Bertz CT molecular complexity index is 1470. The van der Waals surface area contributed by atoms with Gasteiger partial charge in [-0.3, -0.25) is 0 Å². The van der Waals surface area contributed by atoms with Crippen molar-refractivity contribution in [1.82, 2.24) is 34.3 Å². The average molecular weight is 549 g/mol. The summed E-state index contributed by atoms with van der Waals surface area (Å²) in [7, 11) is 4.24. The number of aromatic nitrogens is 5. The molecule has 0 radical (unpaired) electrons. The van der Waals surface area contributed by atoms with Crippen molar-refractivity contribution in [3.05, 3.63) is 59.7 Å². The summed E-state index contributed by atoms with van der Waals surface area (Å²) >= 11 is 0. The number of aryl methyl sites for hydroxylation is 1. The van der Waals surface area contributed by atoms with E-state index in [1.165, 1.54) is 6.07 Å². The van der Waals surface area contributed by atoms with Crippen LogP contribution in [0, 0.1) is 24.5 Å². The highest BCUT2D eigenvalue weighted by atomic mass is 19.1. The van der Waals surface area contributed by atoms with Gasteiger partial charge >= 0.3 is 0 Å². The molecule has 0 bridgehead atoms. The van der Waals surface area contributed by atoms with Crippen molar-refractivity contribution < 1.29 is 8.78 Å². The average Bonchev–Trinajstić information content (AvgIpc) is 3.27. The predicted molar refractivity (Wildman–Crippen MR) is 155 cm³/mol. The van der Waals surface area contributed by atoms with Crippen LogP contribution >= 0.6 is 0 Å². The van der Waals surface area contributed by atoms with E-state index in [2.05, 4.69) is 62.1 Å². The molecule has 4 aromatic rings. The predicted octanol–water partition coefficient (Wildman–Crippen LogP) is 6.13. The standard InChI is InChI=1S/C30H38F2N8/c1-7-39-12-10-20(11-13-39)29(38(5)6)21-8-9-26(33-16-21)36-30-34-17-24(32)27(37-30)22-14-23(31)28-25(15-22)40(18(2)3)19(4)35-28/h8-9,14-18,20,29H,7,10-13H2,1-6H3,(H,33,34,36,37). The largest absolute Gasteiger partial charge is 0.326 e. The van der Waals surface area contributed by atoms with Gasteiger partial charge in [-0.1, -0.05) is 13.0 Å². The van der Waals surface area contributed by atoms with Crippen LogP contribution in [0.25, 0.3) is 22.3 Å². The summed E-state index contributed by atoms with van der Waals surface area (Å²) in [6.07, 6.45) is 5.30. The monoisotopic (exact) mass is 548 g/mol. The summed E-state index contributed by atoms with van der Waals surface area (Å²) in [5, 5.41) is 3.08. The molecular formula is C30H38F2N8. The van der Waals surface area contributed by atoms with Gasteiger partial charge < -0.3 is 19.7 Å². The third kappa shape index (κ3) is 5.55. The van der Waals surface area contributed by atoms with Crippen molar-refractivity contribution in [2.75, 3.05) is 39.0 Å². The lowest BCUT2D eigenvalue weighted by molar-refractivity contribution is 0.120. The Kier molecular flexibility index (Phi) is 8.09. The fourth-order valence-corrected chi connectivity index (χ4v) is 6.03. The van der Waals surface area contributed by atoms with Crippen molar-refractivity contribution in [2.24, 2.45) is 5.92 Å². The first-order chi connectivity index (χ1) is 19.2. The van der Waals surface area contributed by atoms with Crippen molar-refractivity contribution in [3.63, 3.8) is 0 Å². The lowest BCUT2D eigenvalue weighted by Crippen LogP contribution is -2.38. The molecule has 1 aliphatic heterocycles. The lowest BCUT2D eigenvalue weighted by atomic mass is 9.85. The van der Waals surface area contributed by atoms with E-state index in [0.717, 1.165) is 44.2 Å². The number of fused-ring (bicyclic) bond motifs is 1. The minimum atomic E-state index is -0.636. The highest BCUT2D eigenvalue weighted by molar-refractivity contribution is 5.83. The number of pyridine rings is 1. The van der Waals surface area contributed by atoms with Gasteiger partial charge in [0.1, 0.15) is 22.9 Å². The van der Waals surface area contributed by atoms with Gasteiger partial charge in [-0.25, -0.2) is 28.7 Å². The van der Waals surface area contributed by atoms with Crippen molar-refractivity contribution >= 4 is 22.8 Å². The second kappa shape index (κ2) is 11.5. The topological polar surface area (TPSA) is 75.0 Å². The minimum Gasteiger partial charge on any atom is -0.326 e. The molecule has 5 rings (SSSR count). The molecule has 1 unspecified atom stereocenters. The fraction of sp³-hybridized carbons (Fsp3) is 0.467. The number of nitrogens with one attached hydrogen (secondary N) is 1. The van der Waals surface area contributed by atoms with Gasteiger partial charge in [0, 0.05) is 23.8 Å². The highest BCUT2D eigenvalue weighted by Gasteiger charge is 2.29. The van der Waals surface area contributed by atoms with Crippen LogP contribution in [-0.2, 0) is 0 Å². The van der Waals surface area contributed by atoms with E-state index in [1.807, 2.05) is 37.6 Å². The van der Waals surface area contributed by atoms with Crippen LogP contribution in [0.15, 0.2) is 36.7 Å². The van der Waals surface area contributed by atoms with Crippen LogP contribution < -0.4 is 5.32 Å². The Labute approximate surface area is 234 Å². The number of hydrogen-bond acceptors (Lipinski definition) is 7. The summed E-state index contributed by atoms with van der Waals surface area (Å²) in [6.45, 7) is 11.4. The number of piperidine rings is 1. The Balaban J connectivity index is 1.39. The Morgan fingerprint density at radius 2 is 1.77 bits per heavy atom. The summed E-state index contributed by atoms with van der Waals surface area (Å²) < 4.78 is 31.9. The first-order valence-corrected chi connectivity index (χ1v) is 14.0. The van der Waals surface area contributed by atoms with Crippen molar-refractivity contribution in [3.8, 4) is 11.3 Å². The zero-order valence-electron chi connectivity index (χ0n) is 24.1. The first-order valence-electron chi connectivity index (χ1n) is 14.0. The third-order valence-electron chi connectivity index (χ3n) is 7.91. The van der Waals surface area contributed by atoms with Gasteiger partial charge in [-0.2, -0.15) is 0 Å². The number of likely N-dealkylation sites (tertiary alicyclic amines) is 1. The molecule has 4 heterocycles. The van der Waals surface area contributed by atoms with Gasteiger partial charge in [0.05, 0.1) is 11.7 Å². The maximum atomic E-state index is 15.0. The van der Waals surface area contributed by atoms with Crippen LogP contribution in [0.5, 0.6) is 0 Å². The zero-order valence-corrected chi connectivity index (χ0v) is 24.1. The number of hydrogen-bond donors (Lipinski definition) is 1. The molecule has 3 aromatic heterocycles. The van der Waals surface area contributed by atoms with Gasteiger partial charge in [0.15, 0.2) is 11.6 Å². The molecule has 1 fully saturated rings. The molecule has 212 valence electrons. The van der Waals surface area contributed by atoms with Gasteiger partial charge in [-0.05, 0) is 97.0 Å². The molecule has 40 heavy (non-hydrogen) atoms. The maximum absolute atomic E-state index is 15.0. The molecule has 10 heteroatoms. The summed E-state index contributed by atoms with van der Waals surface area (Å²) in [5.41, 5.74) is 2.35. The smallest absolute Gasteiger partial charge is 0.229 e. The molecule has 0 saturated carbocycles. The SMILES string of the molecule is CCN1CCC(C(c2ccc(Nc3ncc(F)c(-c4cc(F)c5nc(C)n(C(C)C)c5c4)n3)nc2)N(C)C)CC1.